The van der Waals surface area contributed by atoms with E-state index in [-0.39, 0.29) is 5.75 Å². The first-order chi connectivity index (χ1) is 5.29. The van der Waals surface area contributed by atoms with E-state index in [0.29, 0.717) is 0 Å². The van der Waals surface area contributed by atoms with Crippen LogP contribution in [0.25, 0.3) is 11.0 Å². The van der Waals surface area contributed by atoms with Crippen LogP contribution in [0.3, 0.4) is 0 Å². The Balaban J connectivity index is 2.96. The van der Waals surface area contributed by atoms with Gasteiger partial charge in [-0.2, -0.15) is 0 Å². The highest BCUT2D eigenvalue weighted by Crippen LogP contribution is 2.27. The highest BCUT2D eigenvalue weighted by molar-refractivity contribution is 5.85. The summed E-state index contributed by atoms with van der Waals surface area (Å²) in [6.07, 6.45) is 1.58. The van der Waals surface area contributed by atoms with Gasteiger partial charge in [0.25, 0.3) is 0 Å². The number of furan rings is 1. The molecule has 0 amide bonds. The van der Waals surface area contributed by atoms with Crippen molar-refractivity contribution in [3.63, 3.8) is 0 Å². The second kappa shape index (κ2) is 2.02. The van der Waals surface area contributed by atoms with E-state index in [1.165, 1.54) is 0 Å². The lowest BCUT2D eigenvalue weighted by atomic mass is 10.1. The molecule has 0 aliphatic heterocycles. The molecule has 2 aromatic rings. The van der Waals surface area contributed by atoms with Crippen molar-refractivity contribution in [1.29, 1.82) is 0 Å². The number of aryl methyl sites for hydroxylation is 1. The number of benzene rings is 1. The van der Waals surface area contributed by atoms with Gasteiger partial charge in [-0.1, -0.05) is 6.07 Å². The van der Waals surface area contributed by atoms with Crippen LogP contribution in [0.5, 0.6) is 5.75 Å². The van der Waals surface area contributed by atoms with Gasteiger partial charge in [0, 0.05) is 0 Å². The topological polar surface area (TPSA) is 33.4 Å². The Morgan fingerprint density at radius 1 is 1.27 bits per heavy atom. The largest absolute Gasteiger partial charge is 0.507 e. The molecule has 11 heavy (non-hydrogen) atoms. The summed E-state index contributed by atoms with van der Waals surface area (Å²) in [6, 6.07) is 5.27. The number of hydrogen-bond acceptors (Lipinski definition) is 2. The average Bonchev–Trinajstić information content (AvgIpc) is 2.45. The zero-order chi connectivity index (χ0) is 7.84. The fraction of sp³-hybridized carbons (Fsp3) is 0.111. The molecule has 2 heteroatoms. The third-order valence-corrected chi connectivity index (χ3v) is 1.79. The third-order valence-electron chi connectivity index (χ3n) is 1.79. The molecule has 0 aliphatic rings. The van der Waals surface area contributed by atoms with Crippen LogP contribution in [-0.4, -0.2) is 5.11 Å². The van der Waals surface area contributed by atoms with Crippen molar-refractivity contribution in [2.75, 3.05) is 0 Å². The molecular weight excluding hydrogens is 140 g/mol. The molecule has 0 aliphatic carbocycles. The van der Waals surface area contributed by atoms with Crippen molar-refractivity contribution in [2.45, 2.75) is 6.92 Å². The lowest BCUT2D eigenvalue weighted by Crippen LogP contribution is -1.72. The van der Waals surface area contributed by atoms with Gasteiger partial charge in [0.1, 0.15) is 11.3 Å². The molecule has 0 saturated carbocycles. The van der Waals surface area contributed by atoms with E-state index in [9.17, 15) is 5.11 Å². The Morgan fingerprint density at radius 3 is 2.82 bits per heavy atom. The lowest BCUT2D eigenvalue weighted by molar-refractivity contribution is 0.481. The number of phenolic OH excluding ortho intramolecular Hbond substituents is 1. The quantitative estimate of drug-likeness (QED) is 0.622. The van der Waals surface area contributed by atoms with E-state index in [1.54, 1.807) is 18.4 Å². The van der Waals surface area contributed by atoms with Gasteiger partial charge in [0.05, 0.1) is 11.6 Å². The second-order valence-electron chi connectivity index (χ2n) is 2.56. The van der Waals surface area contributed by atoms with Crippen LogP contribution in [-0.2, 0) is 0 Å². The van der Waals surface area contributed by atoms with Crippen molar-refractivity contribution in [1.82, 2.24) is 0 Å². The molecule has 2 rings (SSSR count). The molecule has 1 aromatic carbocycles. The Kier molecular flexibility index (Phi) is 1.15. The molecule has 0 radical (unpaired) electrons. The summed E-state index contributed by atoms with van der Waals surface area (Å²) in [6.45, 7) is 1.95. The lowest BCUT2D eigenvalue weighted by Gasteiger charge is -1.95. The highest BCUT2D eigenvalue weighted by atomic mass is 16.3. The highest BCUT2D eigenvalue weighted by Gasteiger charge is 2.03. The number of fused-ring (bicyclic) bond motifs is 1. The van der Waals surface area contributed by atoms with Crippen LogP contribution in [0.2, 0.25) is 0 Å². The smallest absolute Gasteiger partial charge is 0.140 e. The van der Waals surface area contributed by atoms with Gasteiger partial charge in [-0.25, -0.2) is 0 Å². The van der Waals surface area contributed by atoms with Crippen LogP contribution in [0.15, 0.2) is 28.9 Å². The van der Waals surface area contributed by atoms with Gasteiger partial charge in [-0.3, -0.25) is 0 Å². The Hall–Kier alpha value is -1.44. The first kappa shape index (κ1) is 6.28. The van der Waals surface area contributed by atoms with Gasteiger partial charge in [0.2, 0.25) is 0 Å². The first-order valence-electron chi connectivity index (χ1n) is 3.45. The van der Waals surface area contributed by atoms with E-state index in [1.807, 2.05) is 13.0 Å². The molecule has 56 valence electrons. The summed E-state index contributed by atoms with van der Waals surface area (Å²) in [5, 5.41) is 10.1. The van der Waals surface area contributed by atoms with Crippen molar-refractivity contribution in [3.05, 3.63) is 30.0 Å². The maximum Gasteiger partial charge on any atom is 0.140 e. The van der Waals surface area contributed by atoms with Crippen molar-refractivity contribution < 1.29 is 9.52 Å². The summed E-state index contributed by atoms with van der Waals surface area (Å²) < 4.78 is 5.17. The van der Waals surface area contributed by atoms with E-state index < -0.39 is 0 Å². The Morgan fingerprint density at radius 2 is 2.09 bits per heavy atom. The van der Waals surface area contributed by atoms with Gasteiger partial charge in [-0.15, -0.1) is 0 Å². The van der Waals surface area contributed by atoms with Crippen LogP contribution in [0.4, 0.5) is 0 Å². The molecule has 0 saturated heterocycles. The number of aromatic hydroxyl groups is 1. The van der Waals surface area contributed by atoms with Crippen LogP contribution in [0.1, 0.15) is 5.56 Å². The van der Waals surface area contributed by atoms with Gasteiger partial charge < -0.3 is 9.52 Å². The maximum absolute atomic E-state index is 9.32. The molecule has 0 atom stereocenters. The zero-order valence-electron chi connectivity index (χ0n) is 6.16. The van der Waals surface area contributed by atoms with Crippen molar-refractivity contribution >= 4 is 11.0 Å². The molecule has 0 unspecified atom stereocenters. The SMILES string of the molecule is Cc1ccc(O)c2ccoc12. The molecule has 1 aromatic heterocycles. The van der Waals surface area contributed by atoms with E-state index in [2.05, 4.69) is 0 Å². The molecule has 2 nitrogen and oxygen atoms in total. The normalized spacial score (nSPS) is 10.6. The van der Waals surface area contributed by atoms with Crippen LogP contribution >= 0.6 is 0 Å². The fourth-order valence-corrected chi connectivity index (χ4v) is 1.19. The summed E-state index contributed by atoms with van der Waals surface area (Å²) in [5.74, 6) is 0.277. The third kappa shape index (κ3) is 0.792. The predicted octanol–water partition coefficient (Wildman–Crippen LogP) is 2.45. The maximum atomic E-state index is 9.32. The Bertz CT molecular complexity index is 351. The number of rotatable bonds is 0. The molecule has 1 N–H and O–H groups in total. The summed E-state index contributed by atoms with van der Waals surface area (Å²) in [4.78, 5) is 0. The van der Waals surface area contributed by atoms with E-state index in [4.69, 9.17) is 4.42 Å². The van der Waals surface area contributed by atoms with Crippen LogP contribution < -0.4 is 0 Å². The standard InChI is InChI=1S/C9H8O2/c1-6-2-3-8(10)7-4-5-11-9(6)7/h2-5,10H,1H3. The minimum Gasteiger partial charge on any atom is -0.507 e. The van der Waals surface area contributed by atoms with Crippen molar-refractivity contribution in [2.24, 2.45) is 0 Å². The predicted molar refractivity (Wildman–Crippen MR) is 42.6 cm³/mol. The minimum atomic E-state index is 0.277. The zero-order valence-corrected chi connectivity index (χ0v) is 6.16. The Labute approximate surface area is 64.1 Å². The molecule has 1 heterocycles. The molecular formula is C9H8O2. The van der Waals surface area contributed by atoms with Crippen LogP contribution in [0, 0.1) is 6.92 Å². The minimum absolute atomic E-state index is 0.277. The summed E-state index contributed by atoms with van der Waals surface area (Å²) >= 11 is 0. The molecule has 0 fully saturated rings. The summed E-state index contributed by atoms with van der Waals surface area (Å²) in [7, 11) is 0. The van der Waals surface area contributed by atoms with Crippen molar-refractivity contribution in [3.8, 4) is 5.75 Å². The molecule has 0 bridgehead atoms. The van der Waals surface area contributed by atoms with Gasteiger partial charge in [0.15, 0.2) is 0 Å². The molecule has 0 spiro atoms. The first-order valence-corrected chi connectivity index (χ1v) is 3.45. The van der Waals surface area contributed by atoms with Gasteiger partial charge >= 0.3 is 0 Å². The van der Waals surface area contributed by atoms with E-state index >= 15 is 0 Å². The average molecular weight is 148 g/mol. The number of phenols is 1. The second-order valence-corrected chi connectivity index (χ2v) is 2.56. The number of hydrogen-bond donors (Lipinski definition) is 1. The van der Waals surface area contributed by atoms with Gasteiger partial charge in [-0.05, 0) is 24.6 Å². The van der Waals surface area contributed by atoms with E-state index in [0.717, 1.165) is 16.5 Å². The monoisotopic (exact) mass is 148 g/mol. The summed E-state index contributed by atoms with van der Waals surface area (Å²) in [5.41, 5.74) is 1.81. The fourth-order valence-electron chi connectivity index (χ4n) is 1.19.